The molecule has 5 nitrogen and oxygen atoms in total. The SMILES string of the molecule is C=CCc1c(C)nc(-c2ccncc2)nc1OC(=S)N(CC)CC. The van der Waals surface area contributed by atoms with E-state index in [1.807, 2.05) is 43.9 Å². The van der Waals surface area contributed by atoms with Gasteiger partial charge in [-0.05, 0) is 51.5 Å². The maximum atomic E-state index is 5.93. The van der Waals surface area contributed by atoms with Crippen LogP contribution in [-0.2, 0) is 6.42 Å². The molecule has 24 heavy (non-hydrogen) atoms. The van der Waals surface area contributed by atoms with Crippen molar-refractivity contribution in [1.82, 2.24) is 19.9 Å². The molecule has 0 unspecified atom stereocenters. The highest BCUT2D eigenvalue weighted by Crippen LogP contribution is 2.25. The molecule has 0 bridgehead atoms. The van der Waals surface area contributed by atoms with Crippen molar-refractivity contribution in [1.29, 1.82) is 0 Å². The first-order valence-corrected chi connectivity index (χ1v) is 8.37. The Morgan fingerprint density at radius 1 is 1.25 bits per heavy atom. The van der Waals surface area contributed by atoms with Gasteiger partial charge in [0.25, 0.3) is 5.17 Å². The lowest BCUT2D eigenvalue weighted by atomic mass is 10.1. The number of hydrogen-bond acceptors (Lipinski definition) is 5. The zero-order valence-electron chi connectivity index (χ0n) is 14.3. The third-order valence-electron chi connectivity index (χ3n) is 3.67. The van der Waals surface area contributed by atoms with Crippen molar-refractivity contribution in [3.05, 3.63) is 48.4 Å². The number of thiocarbonyl (C=S) groups is 1. The molecular weight excluding hydrogens is 320 g/mol. The predicted molar refractivity (Wildman–Crippen MR) is 100 cm³/mol. The minimum absolute atomic E-state index is 0.420. The van der Waals surface area contributed by atoms with Crippen LogP contribution in [-0.4, -0.2) is 38.1 Å². The molecule has 2 rings (SSSR count). The fourth-order valence-electron chi connectivity index (χ4n) is 2.29. The molecule has 6 heteroatoms. The van der Waals surface area contributed by atoms with Gasteiger partial charge in [-0.1, -0.05) is 6.08 Å². The zero-order valence-corrected chi connectivity index (χ0v) is 15.1. The molecule has 0 atom stereocenters. The van der Waals surface area contributed by atoms with Gasteiger partial charge in [0.05, 0.1) is 0 Å². The smallest absolute Gasteiger partial charge is 0.266 e. The third kappa shape index (κ3) is 4.14. The van der Waals surface area contributed by atoms with Gasteiger partial charge in [-0.3, -0.25) is 4.98 Å². The van der Waals surface area contributed by atoms with Gasteiger partial charge in [-0.15, -0.1) is 6.58 Å². The number of pyridine rings is 1. The van der Waals surface area contributed by atoms with Crippen LogP contribution in [0.25, 0.3) is 11.4 Å². The maximum absolute atomic E-state index is 5.93. The highest BCUT2D eigenvalue weighted by molar-refractivity contribution is 7.80. The molecule has 0 aromatic carbocycles. The molecule has 2 aromatic rings. The molecule has 0 spiro atoms. The van der Waals surface area contributed by atoms with Crippen molar-refractivity contribution in [3.8, 4) is 17.3 Å². The largest absolute Gasteiger partial charge is 0.412 e. The molecule has 0 aliphatic heterocycles. The molecule has 0 saturated carbocycles. The summed E-state index contributed by atoms with van der Waals surface area (Å²) >= 11 is 5.41. The van der Waals surface area contributed by atoms with Crippen LogP contribution in [0.4, 0.5) is 0 Å². The van der Waals surface area contributed by atoms with E-state index in [9.17, 15) is 0 Å². The van der Waals surface area contributed by atoms with Crippen molar-refractivity contribution in [2.24, 2.45) is 0 Å². The highest BCUT2D eigenvalue weighted by atomic mass is 32.1. The van der Waals surface area contributed by atoms with Crippen LogP contribution < -0.4 is 4.74 Å². The van der Waals surface area contributed by atoms with E-state index in [0.717, 1.165) is 29.9 Å². The maximum Gasteiger partial charge on any atom is 0.266 e. The fraction of sp³-hybridized carbons (Fsp3) is 0.333. The minimum atomic E-state index is 0.420. The van der Waals surface area contributed by atoms with Crippen LogP contribution in [0.3, 0.4) is 0 Å². The summed E-state index contributed by atoms with van der Waals surface area (Å²) in [4.78, 5) is 15.2. The molecule has 0 saturated heterocycles. The Morgan fingerprint density at radius 2 is 1.92 bits per heavy atom. The van der Waals surface area contributed by atoms with Crippen LogP contribution in [0.2, 0.25) is 0 Å². The Balaban J connectivity index is 2.44. The summed E-state index contributed by atoms with van der Waals surface area (Å²) in [6.07, 6.45) is 5.86. The van der Waals surface area contributed by atoms with E-state index in [2.05, 4.69) is 21.5 Å². The average Bonchev–Trinajstić information content (AvgIpc) is 2.59. The fourth-order valence-corrected chi connectivity index (χ4v) is 2.63. The lowest BCUT2D eigenvalue weighted by Crippen LogP contribution is -2.33. The molecule has 126 valence electrons. The van der Waals surface area contributed by atoms with Gasteiger partial charge in [0.1, 0.15) is 0 Å². The van der Waals surface area contributed by atoms with Crippen molar-refractivity contribution in [2.75, 3.05) is 13.1 Å². The molecule has 0 aliphatic rings. The Bertz CT molecular complexity index is 714. The van der Waals surface area contributed by atoms with E-state index in [0.29, 0.717) is 23.3 Å². The number of allylic oxidation sites excluding steroid dienone is 1. The Morgan fingerprint density at radius 3 is 2.50 bits per heavy atom. The second-order valence-corrected chi connectivity index (χ2v) is 5.53. The van der Waals surface area contributed by atoms with Gasteiger partial charge >= 0.3 is 0 Å². The summed E-state index contributed by atoms with van der Waals surface area (Å²) in [5.41, 5.74) is 2.64. The number of rotatable bonds is 6. The van der Waals surface area contributed by atoms with Crippen molar-refractivity contribution in [3.63, 3.8) is 0 Å². The van der Waals surface area contributed by atoms with E-state index in [1.165, 1.54) is 0 Å². The monoisotopic (exact) mass is 342 g/mol. The Hall–Kier alpha value is -2.34. The van der Waals surface area contributed by atoms with Crippen molar-refractivity contribution in [2.45, 2.75) is 27.2 Å². The average molecular weight is 342 g/mol. The highest BCUT2D eigenvalue weighted by Gasteiger charge is 2.17. The van der Waals surface area contributed by atoms with Crippen molar-refractivity contribution < 1.29 is 4.74 Å². The number of aryl methyl sites for hydroxylation is 1. The van der Waals surface area contributed by atoms with Crippen LogP contribution in [0.15, 0.2) is 37.2 Å². The lowest BCUT2D eigenvalue weighted by Gasteiger charge is -2.22. The molecule has 0 N–H and O–H groups in total. The summed E-state index contributed by atoms with van der Waals surface area (Å²) in [5, 5.41) is 0.420. The molecule has 0 amide bonds. The predicted octanol–water partition coefficient (Wildman–Crippen LogP) is 3.58. The van der Waals surface area contributed by atoms with Gasteiger partial charge in [0.2, 0.25) is 5.88 Å². The van der Waals surface area contributed by atoms with Crippen LogP contribution >= 0.6 is 12.2 Å². The normalized spacial score (nSPS) is 10.3. The number of ether oxygens (including phenoxy) is 1. The number of hydrogen-bond donors (Lipinski definition) is 0. The Kier molecular flexibility index (Phi) is 6.37. The van der Waals surface area contributed by atoms with E-state index < -0.39 is 0 Å². The first-order chi connectivity index (χ1) is 11.6. The molecule has 2 heterocycles. The quantitative estimate of drug-likeness (QED) is 0.591. The summed E-state index contributed by atoms with van der Waals surface area (Å²) in [6, 6.07) is 3.74. The zero-order chi connectivity index (χ0) is 17.5. The van der Waals surface area contributed by atoms with Gasteiger partial charge < -0.3 is 9.64 Å². The third-order valence-corrected chi connectivity index (χ3v) is 4.01. The standard InChI is InChI=1S/C18H22N4OS/c1-5-8-15-13(4)20-16(14-9-11-19-12-10-14)21-17(15)23-18(24)22(6-2)7-3/h5,9-12H,1,6-8H2,2-4H3. The van der Waals surface area contributed by atoms with Crippen LogP contribution in [0, 0.1) is 6.92 Å². The van der Waals surface area contributed by atoms with E-state index in [4.69, 9.17) is 17.0 Å². The number of aromatic nitrogens is 3. The summed E-state index contributed by atoms with van der Waals surface area (Å²) in [7, 11) is 0. The Labute approximate surface area is 148 Å². The molecule has 0 radical (unpaired) electrons. The van der Waals surface area contributed by atoms with Crippen molar-refractivity contribution >= 4 is 17.4 Å². The second-order valence-electron chi connectivity index (χ2n) is 5.19. The van der Waals surface area contributed by atoms with Gasteiger partial charge in [-0.2, -0.15) is 4.98 Å². The van der Waals surface area contributed by atoms with Crippen LogP contribution in [0.5, 0.6) is 5.88 Å². The first-order valence-electron chi connectivity index (χ1n) is 7.96. The van der Waals surface area contributed by atoms with E-state index >= 15 is 0 Å². The second kappa shape index (κ2) is 8.49. The molecule has 0 fully saturated rings. The van der Waals surface area contributed by atoms with E-state index in [1.54, 1.807) is 12.4 Å². The molecule has 0 aliphatic carbocycles. The minimum Gasteiger partial charge on any atom is -0.412 e. The topological polar surface area (TPSA) is 51.1 Å². The first kappa shape index (κ1) is 18.0. The van der Waals surface area contributed by atoms with Crippen LogP contribution in [0.1, 0.15) is 25.1 Å². The lowest BCUT2D eigenvalue weighted by molar-refractivity contribution is 0.370. The summed E-state index contributed by atoms with van der Waals surface area (Å²) in [5.74, 6) is 1.09. The van der Waals surface area contributed by atoms with E-state index in [-0.39, 0.29) is 0 Å². The summed E-state index contributed by atoms with van der Waals surface area (Å²) < 4.78 is 5.93. The van der Waals surface area contributed by atoms with Gasteiger partial charge in [-0.25, -0.2) is 4.98 Å². The van der Waals surface area contributed by atoms with Gasteiger partial charge in [0.15, 0.2) is 5.82 Å². The molecule has 2 aromatic heterocycles. The summed E-state index contributed by atoms with van der Waals surface area (Å²) in [6.45, 7) is 11.4. The molecular formula is C18H22N4OS. The van der Waals surface area contributed by atoms with Gasteiger partial charge in [0, 0.05) is 42.3 Å². The number of nitrogens with zero attached hydrogens (tertiary/aromatic N) is 4.